The summed E-state index contributed by atoms with van der Waals surface area (Å²) in [6.45, 7) is 4.60. The van der Waals surface area contributed by atoms with E-state index in [-0.39, 0.29) is 30.2 Å². The van der Waals surface area contributed by atoms with Gasteiger partial charge in [0.1, 0.15) is 6.54 Å². The van der Waals surface area contributed by atoms with E-state index in [2.05, 4.69) is 0 Å². The van der Waals surface area contributed by atoms with Gasteiger partial charge in [-0.25, -0.2) is 0 Å². The van der Waals surface area contributed by atoms with Crippen LogP contribution in [0.3, 0.4) is 0 Å². The zero-order chi connectivity index (χ0) is 23.2. The number of benzene rings is 2. The summed E-state index contributed by atoms with van der Waals surface area (Å²) in [5, 5.41) is 0. The summed E-state index contributed by atoms with van der Waals surface area (Å²) >= 11 is 0. The number of aryl methyl sites for hydroxylation is 1. The van der Waals surface area contributed by atoms with E-state index in [0.29, 0.717) is 18.7 Å². The molecule has 3 amide bonds. The van der Waals surface area contributed by atoms with Crippen LogP contribution in [-0.2, 0) is 9.59 Å². The molecule has 4 rings (SSSR count). The number of hydrogen-bond donors (Lipinski definition) is 0. The van der Waals surface area contributed by atoms with E-state index in [1.54, 1.807) is 9.80 Å². The molecular weight excluding hydrogens is 414 g/mol. The van der Waals surface area contributed by atoms with Crippen LogP contribution in [0.1, 0.15) is 48.0 Å². The number of carbonyl (C=O) groups excluding carboxylic acids is 3. The first-order valence-corrected chi connectivity index (χ1v) is 12.0. The molecule has 2 aliphatic heterocycles. The van der Waals surface area contributed by atoms with E-state index in [4.69, 9.17) is 0 Å². The zero-order valence-electron chi connectivity index (χ0n) is 19.4. The topological polar surface area (TPSA) is 60.9 Å². The molecule has 0 radical (unpaired) electrons. The van der Waals surface area contributed by atoms with Crippen LogP contribution < -0.4 is 4.90 Å². The largest absolute Gasteiger partial charge is 0.341 e. The Morgan fingerprint density at radius 1 is 0.848 bits per heavy atom. The summed E-state index contributed by atoms with van der Waals surface area (Å²) in [6, 6.07) is 17.0. The summed E-state index contributed by atoms with van der Waals surface area (Å²) < 4.78 is 0. The van der Waals surface area contributed by atoms with Gasteiger partial charge >= 0.3 is 0 Å². The Morgan fingerprint density at radius 2 is 1.52 bits per heavy atom. The van der Waals surface area contributed by atoms with Gasteiger partial charge in [0.25, 0.3) is 5.91 Å². The van der Waals surface area contributed by atoms with E-state index in [1.165, 1.54) is 0 Å². The molecule has 0 spiro atoms. The molecule has 2 saturated heterocycles. The van der Waals surface area contributed by atoms with E-state index >= 15 is 0 Å². The molecule has 174 valence electrons. The molecular formula is C27H33N3O3. The monoisotopic (exact) mass is 447 g/mol. The smallest absolute Gasteiger partial charge is 0.253 e. The Morgan fingerprint density at radius 3 is 2.21 bits per heavy atom. The highest BCUT2D eigenvalue weighted by molar-refractivity contribution is 6.01. The standard InChI is InChI=1S/C27H33N3O3/c1-21-12-14-24(15-13-21)30(20-25(31)28-16-6-3-7-17-28)27(33)23-11-8-18-29(19-23)26(32)22-9-4-2-5-10-22/h2,4-5,9-10,12-15,23H,3,6-8,11,16-20H2,1H3. The number of amides is 3. The third kappa shape index (κ3) is 5.62. The molecule has 0 aromatic heterocycles. The molecule has 2 aromatic rings. The molecule has 0 bridgehead atoms. The molecule has 1 atom stereocenters. The average molecular weight is 448 g/mol. The fourth-order valence-corrected chi connectivity index (χ4v) is 4.75. The van der Waals surface area contributed by atoms with E-state index in [9.17, 15) is 14.4 Å². The summed E-state index contributed by atoms with van der Waals surface area (Å²) in [5.74, 6) is -0.437. The second-order valence-electron chi connectivity index (χ2n) is 9.16. The fraction of sp³-hybridized carbons (Fsp3) is 0.444. The Labute approximate surface area is 196 Å². The Hall–Kier alpha value is -3.15. The van der Waals surface area contributed by atoms with E-state index in [0.717, 1.165) is 56.4 Å². The molecule has 0 N–H and O–H groups in total. The number of nitrogens with zero attached hydrogens (tertiary/aromatic N) is 3. The third-order valence-electron chi connectivity index (χ3n) is 6.69. The van der Waals surface area contributed by atoms with Gasteiger partial charge in [0, 0.05) is 37.4 Å². The van der Waals surface area contributed by atoms with Crippen LogP contribution >= 0.6 is 0 Å². The fourth-order valence-electron chi connectivity index (χ4n) is 4.75. The maximum absolute atomic E-state index is 13.7. The lowest BCUT2D eigenvalue weighted by Gasteiger charge is -2.36. The van der Waals surface area contributed by atoms with Crippen molar-refractivity contribution in [1.82, 2.24) is 9.80 Å². The van der Waals surface area contributed by atoms with Crippen LogP contribution in [-0.4, -0.2) is 60.2 Å². The number of piperidine rings is 2. The lowest BCUT2D eigenvalue weighted by Crippen LogP contribution is -2.50. The van der Waals surface area contributed by atoms with E-state index in [1.807, 2.05) is 66.4 Å². The number of carbonyl (C=O) groups is 3. The van der Waals surface area contributed by atoms with Crippen LogP contribution in [0, 0.1) is 12.8 Å². The first kappa shape index (κ1) is 23.0. The van der Waals surface area contributed by atoms with Crippen LogP contribution in [0.5, 0.6) is 0 Å². The predicted molar refractivity (Wildman–Crippen MR) is 129 cm³/mol. The molecule has 1 unspecified atom stereocenters. The summed E-state index contributed by atoms with van der Waals surface area (Å²) in [5.41, 5.74) is 2.48. The molecule has 0 saturated carbocycles. The first-order chi connectivity index (χ1) is 16.0. The normalized spacial score (nSPS) is 18.6. The maximum atomic E-state index is 13.7. The van der Waals surface area contributed by atoms with Crippen LogP contribution in [0.15, 0.2) is 54.6 Å². The summed E-state index contributed by atoms with van der Waals surface area (Å²) in [7, 11) is 0. The predicted octanol–water partition coefficient (Wildman–Crippen LogP) is 3.89. The van der Waals surface area contributed by atoms with Crippen molar-refractivity contribution >= 4 is 23.4 Å². The molecule has 0 aliphatic carbocycles. The van der Waals surface area contributed by atoms with Gasteiger partial charge < -0.3 is 14.7 Å². The zero-order valence-corrected chi connectivity index (χ0v) is 19.4. The highest BCUT2D eigenvalue weighted by Crippen LogP contribution is 2.25. The highest BCUT2D eigenvalue weighted by atomic mass is 16.2. The summed E-state index contributed by atoms with van der Waals surface area (Å²) in [4.78, 5) is 45.0. The van der Waals surface area contributed by atoms with Crippen molar-refractivity contribution in [3.05, 3.63) is 65.7 Å². The van der Waals surface area contributed by atoms with Gasteiger partial charge in [-0.15, -0.1) is 0 Å². The van der Waals surface area contributed by atoms with Gasteiger partial charge in [-0.3, -0.25) is 14.4 Å². The van der Waals surface area contributed by atoms with Gasteiger partial charge in [-0.2, -0.15) is 0 Å². The van der Waals surface area contributed by atoms with Crippen molar-refractivity contribution in [2.75, 3.05) is 37.6 Å². The Kier molecular flexibility index (Phi) is 7.43. The number of hydrogen-bond acceptors (Lipinski definition) is 3. The molecule has 2 heterocycles. The number of rotatable bonds is 5. The molecule has 33 heavy (non-hydrogen) atoms. The minimum Gasteiger partial charge on any atom is -0.341 e. The molecule has 2 aromatic carbocycles. The SMILES string of the molecule is Cc1ccc(N(CC(=O)N2CCCCC2)C(=O)C2CCCN(C(=O)c3ccccc3)C2)cc1. The van der Waals surface area contributed by atoms with Gasteiger partial charge in [-0.05, 0) is 63.3 Å². The minimum atomic E-state index is -0.318. The third-order valence-corrected chi connectivity index (χ3v) is 6.69. The highest BCUT2D eigenvalue weighted by Gasteiger charge is 2.33. The van der Waals surface area contributed by atoms with Crippen molar-refractivity contribution < 1.29 is 14.4 Å². The van der Waals surface area contributed by atoms with E-state index < -0.39 is 0 Å². The van der Waals surface area contributed by atoms with Crippen molar-refractivity contribution in [2.45, 2.75) is 39.0 Å². The van der Waals surface area contributed by atoms with Gasteiger partial charge in [0.15, 0.2) is 0 Å². The first-order valence-electron chi connectivity index (χ1n) is 12.0. The number of anilines is 1. The molecule has 2 fully saturated rings. The average Bonchev–Trinajstić information content (AvgIpc) is 2.88. The van der Waals surface area contributed by atoms with Crippen LogP contribution in [0.25, 0.3) is 0 Å². The second kappa shape index (κ2) is 10.6. The van der Waals surface area contributed by atoms with Crippen LogP contribution in [0.2, 0.25) is 0 Å². The molecule has 6 nitrogen and oxygen atoms in total. The van der Waals surface area contributed by atoms with Gasteiger partial charge in [0.2, 0.25) is 11.8 Å². The van der Waals surface area contributed by atoms with Gasteiger partial charge in [0.05, 0.1) is 5.92 Å². The Balaban J connectivity index is 1.51. The Bertz CT molecular complexity index is 968. The molecule has 6 heteroatoms. The van der Waals surface area contributed by atoms with Crippen molar-refractivity contribution in [1.29, 1.82) is 0 Å². The summed E-state index contributed by atoms with van der Waals surface area (Å²) in [6.07, 6.45) is 4.68. The number of likely N-dealkylation sites (tertiary alicyclic amines) is 2. The van der Waals surface area contributed by atoms with Crippen molar-refractivity contribution in [2.24, 2.45) is 5.92 Å². The van der Waals surface area contributed by atoms with Gasteiger partial charge in [-0.1, -0.05) is 35.9 Å². The lowest BCUT2D eigenvalue weighted by molar-refractivity contribution is -0.133. The lowest BCUT2D eigenvalue weighted by atomic mass is 9.95. The second-order valence-corrected chi connectivity index (χ2v) is 9.16. The quantitative estimate of drug-likeness (QED) is 0.699. The minimum absolute atomic E-state index is 0.00310. The maximum Gasteiger partial charge on any atom is 0.253 e. The van der Waals surface area contributed by atoms with Crippen molar-refractivity contribution in [3.63, 3.8) is 0 Å². The van der Waals surface area contributed by atoms with Crippen molar-refractivity contribution in [3.8, 4) is 0 Å². The molecule has 2 aliphatic rings. The van der Waals surface area contributed by atoms with Crippen LogP contribution in [0.4, 0.5) is 5.69 Å².